The first-order valence-electron chi connectivity index (χ1n) is 6.79. The first-order chi connectivity index (χ1) is 9.70. The Morgan fingerprint density at radius 3 is 2.50 bits per heavy atom. The first kappa shape index (κ1) is 11.5. The molecule has 2 aromatic carbocycles. The second-order valence-corrected chi connectivity index (χ2v) is 5.41. The zero-order chi connectivity index (χ0) is 13.7. The summed E-state index contributed by atoms with van der Waals surface area (Å²) in [7, 11) is 0. The Balaban J connectivity index is 1.83. The van der Waals surface area contributed by atoms with Gasteiger partial charge in [0.2, 0.25) is 0 Å². The van der Waals surface area contributed by atoms with Crippen LogP contribution in [0.3, 0.4) is 0 Å². The molecule has 0 unspecified atom stereocenters. The monoisotopic (exact) mass is 267 g/mol. The van der Waals surface area contributed by atoms with Crippen molar-refractivity contribution in [3.05, 3.63) is 53.8 Å². The van der Waals surface area contributed by atoms with Gasteiger partial charge in [0.1, 0.15) is 17.2 Å². The van der Waals surface area contributed by atoms with Crippen LogP contribution < -0.4 is 5.73 Å². The topological polar surface area (TPSA) is 39.2 Å². The highest BCUT2D eigenvalue weighted by Crippen LogP contribution is 2.44. The maximum atomic E-state index is 13.0. The van der Waals surface area contributed by atoms with Gasteiger partial charge < -0.3 is 10.2 Å². The molecule has 4 rings (SSSR count). The lowest BCUT2D eigenvalue weighted by Crippen LogP contribution is -1.91. The van der Waals surface area contributed by atoms with Crippen LogP contribution in [0.5, 0.6) is 0 Å². The molecule has 0 aliphatic heterocycles. The van der Waals surface area contributed by atoms with Gasteiger partial charge in [0, 0.05) is 22.7 Å². The second kappa shape index (κ2) is 4.10. The molecule has 20 heavy (non-hydrogen) atoms. The highest BCUT2D eigenvalue weighted by atomic mass is 19.1. The predicted octanol–water partition coefficient (Wildman–Crippen LogP) is 4.70. The van der Waals surface area contributed by atoms with Crippen molar-refractivity contribution in [3.8, 4) is 11.3 Å². The summed E-state index contributed by atoms with van der Waals surface area (Å²) in [6.07, 6.45) is 2.44. The smallest absolute Gasteiger partial charge is 0.136 e. The van der Waals surface area contributed by atoms with Crippen molar-refractivity contribution in [3.63, 3.8) is 0 Å². The van der Waals surface area contributed by atoms with Gasteiger partial charge >= 0.3 is 0 Å². The van der Waals surface area contributed by atoms with E-state index in [1.54, 1.807) is 12.1 Å². The molecule has 1 aromatic heterocycles. The van der Waals surface area contributed by atoms with Crippen molar-refractivity contribution in [1.82, 2.24) is 0 Å². The molecule has 1 aliphatic rings. The molecule has 1 aliphatic carbocycles. The van der Waals surface area contributed by atoms with Gasteiger partial charge in [0.05, 0.1) is 0 Å². The molecule has 2 nitrogen and oxygen atoms in total. The molecule has 0 bridgehead atoms. The number of hydrogen-bond acceptors (Lipinski definition) is 2. The van der Waals surface area contributed by atoms with Crippen LogP contribution in [0.2, 0.25) is 0 Å². The minimum absolute atomic E-state index is 0.245. The SMILES string of the molecule is Nc1cc2oc(-c3ccc(F)cc3)cc2cc1C1CC1. The number of nitrogens with two attached hydrogens (primary N) is 1. The number of anilines is 1. The van der Waals surface area contributed by atoms with E-state index in [2.05, 4.69) is 6.07 Å². The fourth-order valence-corrected chi connectivity index (χ4v) is 2.62. The van der Waals surface area contributed by atoms with E-state index in [-0.39, 0.29) is 5.82 Å². The van der Waals surface area contributed by atoms with E-state index in [0.29, 0.717) is 5.92 Å². The van der Waals surface area contributed by atoms with Crippen LogP contribution in [0, 0.1) is 5.82 Å². The van der Waals surface area contributed by atoms with Crippen molar-refractivity contribution in [2.24, 2.45) is 0 Å². The van der Waals surface area contributed by atoms with Gasteiger partial charge in [-0.15, -0.1) is 0 Å². The first-order valence-corrected chi connectivity index (χ1v) is 6.79. The maximum absolute atomic E-state index is 13.0. The molecule has 0 spiro atoms. The summed E-state index contributed by atoms with van der Waals surface area (Å²) in [6, 6.07) is 12.3. The third kappa shape index (κ3) is 1.86. The van der Waals surface area contributed by atoms with E-state index < -0.39 is 0 Å². The average molecular weight is 267 g/mol. The van der Waals surface area contributed by atoms with E-state index in [1.807, 2.05) is 12.1 Å². The molecule has 0 atom stereocenters. The largest absolute Gasteiger partial charge is 0.456 e. The molecule has 3 heteroatoms. The molecular formula is C17H14FNO. The minimum atomic E-state index is -0.245. The van der Waals surface area contributed by atoms with Crippen LogP contribution in [0.25, 0.3) is 22.3 Å². The summed E-state index contributed by atoms with van der Waals surface area (Å²) in [4.78, 5) is 0. The van der Waals surface area contributed by atoms with Gasteiger partial charge in [0.25, 0.3) is 0 Å². The molecule has 1 saturated carbocycles. The van der Waals surface area contributed by atoms with Crippen LogP contribution in [-0.4, -0.2) is 0 Å². The minimum Gasteiger partial charge on any atom is -0.456 e. The zero-order valence-electron chi connectivity index (χ0n) is 10.9. The van der Waals surface area contributed by atoms with Gasteiger partial charge in [-0.05, 0) is 60.7 Å². The summed E-state index contributed by atoms with van der Waals surface area (Å²) in [5.41, 5.74) is 9.77. The summed E-state index contributed by atoms with van der Waals surface area (Å²) in [5.74, 6) is 1.11. The fourth-order valence-electron chi connectivity index (χ4n) is 2.62. The molecule has 3 aromatic rings. The van der Waals surface area contributed by atoms with Crippen LogP contribution >= 0.6 is 0 Å². The van der Waals surface area contributed by atoms with Crippen molar-refractivity contribution < 1.29 is 8.81 Å². The summed E-state index contributed by atoms with van der Waals surface area (Å²) in [5, 5.41) is 1.06. The number of halogens is 1. The molecule has 0 saturated heterocycles. The molecule has 2 N–H and O–H groups in total. The van der Waals surface area contributed by atoms with E-state index >= 15 is 0 Å². The maximum Gasteiger partial charge on any atom is 0.136 e. The zero-order valence-corrected chi connectivity index (χ0v) is 10.9. The molecule has 0 radical (unpaired) electrons. The Labute approximate surface area is 116 Å². The van der Waals surface area contributed by atoms with Gasteiger partial charge in [-0.1, -0.05) is 0 Å². The highest BCUT2D eigenvalue weighted by molar-refractivity contribution is 5.87. The number of nitrogen functional groups attached to an aromatic ring is 1. The quantitative estimate of drug-likeness (QED) is 0.683. The Morgan fingerprint density at radius 1 is 1.05 bits per heavy atom. The average Bonchev–Trinajstić information content (AvgIpc) is 3.19. The fraction of sp³-hybridized carbons (Fsp3) is 0.176. The molecule has 1 heterocycles. The second-order valence-electron chi connectivity index (χ2n) is 5.41. The van der Waals surface area contributed by atoms with Crippen molar-refractivity contribution >= 4 is 16.7 Å². The summed E-state index contributed by atoms with van der Waals surface area (Å²) < 4.78 is 18.8. The summed E-state index contributed by atoms with van der Waals surface area (Å²) >= 11 is 0. The molecular weight excluding hydrogens is 253 g/mol. The van der Waals surface area contributed by atoms with Crippen LogP contribution in [0.4, 0.5) is 10.1 Å². The lowest BCUT2D eigenvalue weighted by atomic mass is 10.1. The van der Waals surface area contributed by atoms with Crippen molar-refractivity contribution in [2.75, 3.05) is 5.73 Å². The number of hydrogen-bond donors (Lipinski definition) is 1. The Morgan fingerprint density at radius 2 is 1.80 bits per heavy atom. The lowest BCUT2D eigenvalue weighted by Gasteiger charge is -2.02. The van der Waals surface area contributed by atoms with Crippen molar-refractivity contribution in [1.29, 1.82) is 0 Å². The van der Waals surface area contributed by atoms with Crippen LogP contribution in [-0.2, 0) is 0 Å². The number of benzene rings is 2. The standard InChI is InChI=1S/C17H14FNO/c18-13-5-3-11(4-6-13)16-8-12-7-14(10-1-2-10)15(19)9-17(12)20-16/h3-10H,1-2,19H2. The third-order valence-electron chi connectivity index (χ3n) is 3.87. The van der Waals surface area contributed by atoms with Crippen LogP contribution in [0.15, 0.2) is 46.9 Å². The molecule has 1 fully saturated rings. The van der Waals surface area contributed by atoms with Crippen LogP contribution in [0.1, 0.15) is 24.3 Å². The third-order valence-corrected chi connectivity index (χ3v) is 3.87. The van der Waals surface area contributed by atoms with E-state index in [0.717, 1.165) is 28.0 Å². The number of fused-ring (bicyclic) bond motifs is 1. The lowest BCUT2D eigenvalue weighted by molar-refractivity contribution is 0.623. The molecule has 0 amide bonds. The van der Waals surface area contributed by atoms with Crippen molar-refractivity contribution in [2.45, 2.75) is 18.8 Å². The van der Waals surface area contributed by atoms with Gasteiger partial charge in [-0.3, -0.25) is 0 Å². The van der Waals surface area contributed by atoms with Gasteiger partial charge in [-0.25, -0.2) is 4.39 Å². The Hall–Kier alpha value is -2.29. The molecule has 100 valence electrons. The highest BCUT2D eigenvalue weighted by Gasteiger charge is 2.26. The van der Waals surface area contributed by atoms with E-state index in [4.69, 9.17) is 10.2 Å². The van der Waals surface area contributed by atoms with Gasteiger partial charge in [0.15, 0.2) is 0 Å². The Kier molecular flexibility index (Phi) is 2.36. The summed E-state index contributed by atoms with van der Waals surface area (Å²) in [6.45, 7) is 0. The predicted molar refractivity (Wildman–Crippen MR) is 78.0 cm³/mol. The Bertz CT molecular complexity index is 785. The normalized spacial score (nSPS) is 14.8. The van der Waals surface area contributed by atoms with E-state index in [1.165, 1.54) is 30.5 Å². The number of furan rings is 1. The van der Waals surface area contributed by atoms with E-state index in [9.17, 15) is 4.39 Å². The number of rotatable bonds is 2. The van der Waals surface area contributed by atoms with Gasteiger partial charge in [-0.2, -0.15) is 0 Å².